The summed E-state index contributed by atoms with van der Waals surface area (Å²) < 4.78 is 26.2. The normalized spacial score (nSPS) is 10.3. The Morgan fingerprint density at radius 2 is 2.12 bits per heavy atom. The Morgan fingerprint density at radius 3 is 2.71 bits per heavy atom. The van der Waals surface area contributed by atoms with E-state index in [2.05, 4.69) is 5.32 Å². The lowest BCUT2D eigenvalue weighted by atomic mass is 10.3. The van der Waals surface area contributed by atoms with E-state index in [4.69, 9.17) is 11.6 Å². The first-order valence-corrected chi connectivity index (χ1v) is 5.83. The highest BCUT2D eigenvalue weighted by atomic mass is 35.5. The number of carbonyl (C=O) groups is 1. The van der Waals surface area contributed by atoms with Crippen LogP contribution in [0.25, 0.3) is 0 Å². The Kier molecular flexibility index (Phi) is 3.40. The lowest BCUT2D eigenvalue weighted by Crippen LogP contribution is -2.12. The van der Waals surface area contributed by atoms with Crippen LogP contribution in [0.2, 0.25) is 5.02 Å². The minimum absolute atomic E-state index is 0.174. The van der Waals surface area contributed by atoms with Crippen LogP contribution in [0.1, 0.15) is 9.67 Å². The van der Waals surface area contributed by atoms with E-state index in [1.165, 1.54) is 11.3 Å². The van der Waals surface area contributed by atoms with Crippen LogP contribution in [0.4, 0.5) is 14.5 Å². The first kappa shape index (κ1) is 12.0. The molecular weight excluding hydrogens is 268 g/mol. The van der Waals surface area contributed by atoms with E-state index in [9.17, 15) is 13.6 Å². The van der Waals surface area contributed by atoms with Gasteiger partial charge < -0.3 is 5.32 Å². The molecule has 0 radical (unpaired) electrons. The third-order valence-electron chi connectivity index (χ3n) is 1.99. The largest absolute Gasteiger partial charge is 0.318 e. The van der Waals surface area contributed by atoms with Crippen molar-refractivity contribution < 1.29 is 13.6 Å². The summed E-state index contributed by atoms with van der Waals surface area (Å²) >= 11 is 6.86. The molecule has 0 bridgehead atoms. The van der Waals surface area contributed by atoms with E-state index in [1.54, 1.807) is 17.5 Å². The van der Waals surface area contributed by atoms with Gasteiger partial charge in [-0.15, -0.1) is 11.3 Å². The third kappa shape index (κ3) is 2.62. The molecule has 6 heteroatoms. The molecule has 88 valence electrons. The van der Waals surface area contributed by atoms with Gasteiger partial charge in [0.15, 0.2) is 5.82 Å². The van der Waals surface area contributed by atoms with Crippen LogP contribution < -0.4 is 5.32 Å². The van der Waals surface area contributed by atoms with Gasteiger partial charge in [-0.05, 0) is 17.5 Å². The highest BCUT2D eigenvalue weighted by Crippen LogP contribution is 2.27. The zero-order chi connectivity index (χ0) is 12.4. The van der Waals surface area contributed by atoms with Gasteiger partial charge in [-0.25, -0.2) is 8.78 Å². The van der Waals surface area contributed by atoms with Crippen molar-refractivity contribution in [1.29, 1.82) is 0 Å². The zero-order valence-electron chi connectivity index (χ0n) is 8.34. The van der Waals surface area contributed by atoms with Gasteiger partial charge >= 0.3 is 0 Å². The number of nitrogens with one attached hydrogen (secondary N) is 1. The predicted octanol–water partition coefficient (Wildman–Crippen LogP) is 3.93. The van der Waals surface area contributed by atoms with Crippen molar-refractivity contribution in [1.82, 2.24) is 0 Å². The molecule has 0 aliphatic rings. The fourth-order valence-electron chi connectivity index (χ4n) is 1.24. The summed E-state index contributed by atoms with van der Waals surface area (Å²) in [6.45, 7) is 0. The van der Waals surface area contributed by atoms with Crippen LogP contribution in [-0.4, -0.2) is 5.91 Å². The molecular formula is C11H6ClF2NOS. The van der Waals surface area contributed by atoms with E-state index in [0.717, 1.165) is 6.07 Å². The number of hydrogen-bond acceptors (Lipinski definition) is 2. The predicted molar refractivity (Wildman–Crippen MR) is 63.6 cm³/mol. The fourth-order valence-corrected chi connectivity index (χ4v) is 2.11. The molecule has 0 saturated carbocycles. The second-order valence-electron chi connectivity index (χ2n) is 3.18. The van der Waals surface area contributed by atoms with Crippen molar-refractivity contribution in [3.05, 3.63) is 51.2 Å². The topological polar surface area (TPSA) is 29.1 Å². The number of thiophene rings is 1. The highest BCUT2D eigenvalue weighted by Gasteiger charge is 2.14. The van der Waals surface area contributed by atoms with Gasteiger partial charge in [0.1, 0.15) is 5.82 Å². The number of benzene rings is 1. The Balaban J connectivity index is 2.28. The molecule has 1 heterocycles. The van der Waals surface area contributed by atoms with Gasteiger partial charge in [-0.3, -0.25) is 4.79 Å². The molecule has 1 aromatic carbocycles. The smallest absolute Gasteiger partial charge is 0.265 e. The number of rotatable bonds is 2. The molecule has 0 aliphatic heterocycles. The van der Waals surface area contributed by atoms with Crippen molar-refractivity contribution >= 4 is 34.5 Å². The zero-order valence-corrected chi connectivity index (χ0v) is 9.91. The molecule has 0 spiro atoms. The van der Waals surface area contributed by atoms with E-state index in [0.29, 0.717) is 10.9 Å². The average molecular weight is 274 g/mol. The molecule has 17 heavy (non-hydrogen) atoms. The third-order valence-corrected chi connectivity index (χ3v) is 3.16. The molecule has 1 amide bonds. The number of anilines is 1. The van der Waals surface area contributed by atoms with Crippen LogP contribution in [0, 0.1) is 11.6 Å². The summed E-state index contributed by atoms with van der Waals surface area (Å²) in [6.07, 6.45) is 0. The maximum absolute atomic E-state index is 13.4. The monoisotopic (exact) mass is 273 g/mol. The second kappa shape index (κ2) is 4.81. The standard InChI is InChI=1S/C11H6ClF2NOS/c12-7-4-6(13)5-8(14)10(7)15-11(16)9-2-1-3-17-9/h1-5H,(H,15,16). The Morgan fingerprint density at radius 1 is 1.35 bits per heavy atom. The van der Waals surface area contributed by atoms with Gasteiger partial charge in [0.05, 0.1) is 15.6 Å². The van der Waals surface area contributed by atoms with E-state index in [-0.39, 0.29) is 10.7 Å². The molecule has 0 saturated heterocycles. The summed E-state index contributed by atoms with van der Waals surface area (Å²) in [5.74, 6) is -2.17. The molecule has 0 aliphatic carbocycles. The summed E-state index contributed by atoms with van der Waals surface area (Å²) in [5, 5.41) is 3.85. The minimum Gasteiger partial charge on any atom is -0.318 e. The molecule has 2 rings (SSSR count). The number of carbonyl (C=O) groups excluding carboxylic acids is 1. The molecule has 2 aromatic rings. The van der Waals surface area contributed by atoms with Gasteiger partial charge in [-0.1, -0.05) is 17.7 Å². The van der Waals surface area contributed by atoms with Crippen LogP contribution in [0.15, 0.2) is 29.6 Å². The molecule has 0 atom stereocenters. The van der Waals surface area contributed by atoms with Crippen LogP contribution in [0.5, 0.6) is 0 Å². The molecule has 0 unspecified atom stereocenters. The van der Waals surface area contributed by atoms with Gasteiger partial charge in [0.25, 0.3) is 5.91 Å². The van der Waals surface area contributed by atoms with Crippen LogP contribution in [0.3, 0.4) is 0 Å². The molecule has 1 aromatic heterocycles. The Labute approximate surface area is 105 Å². The maximum Gasteiger partial charge on any atom is 0.265 e. The van der Waals surface area contributed by atoms with Gasteiger partial charge in [0.2, 0.25) is 0 Å². The highest BCUT2D eigenvalue weighted by molar-refractivity contribution is 7.12. The number of hydrogen-bond donors (Lipinski definition) is 1. The summed E-state index contributed by atoms with van der Waals surface area (Å²) in [5.41, 5.74) is -0.216. The number of amides is 1. The van der Waals surface area contributed by atoms with Crippen molar-refractivity contribution in [2.75, 3.05) is 5.32 Å². The second-order valence-corrected chi connectivity index (χ2v) is 4.53. The minimum atomic E-state index is -0.903. The quantitative estimate of drug-likeness (QED) is 0.882. The van der Waals surface area contributed by atoms with Crippen molar-refractivity contribution in [3.8, 4) is 0 Å². The van der Waals surface area contributed by atoms with Crippen LogP contribution >= 0.6 is 22.9 Å². The summed E-state index contributed by atoms with van der Waals surface area (Å²) in [7, 11) is 0. The SMILES string of the molecule is O=C(Nc1c(F)cc(F)cc1Cl)c1cccs1. The summed E-state index contributed by atoms with van der Waals surface area (Å²) in [4.78, 5) is 12.1. The first-order valence-electron chi connectivity index (χ1n) is 4.57. The van der Waals surface area contributed by atoms with Gasteiger partial charge in [0, 0.05) is 6.07 Å². The lowest BCUT2D eigenvalue weighted by molar-refractivity contribution is 0.103. The van der Waals surface area contributed by atoms with E-state index in [1.807, 2.05) is 0 Å². The number of halogens is 3. The first-order chi connectivity index (χ1) is 8.08. The Bertz CT molecular complexity index is 534. The van der Waals surface area contributed by atoms with Crippen molar-refractivity contribution in [2.24, 2.45) is 0 Å². The Hall–Kier alpha value is -1.46. The van der Waals surface area contributed by atoms with Crippen LogP contribution in [-0.2, 0) is 0 Å². The fraction of sp³-hybridized carbons (Fsp3) is 0. The van der Waals surface area contributed by atoms with E-state index >= 15 is 0 Å². The average Bonchev–Trinajstić information content (AvgIpc) is 2.76. The molecule has 1 N–H and O–H groups in total. The molecule has 0 fully saturated rings. The maximum atomic E-state index is 13.4. The van der Waals surface area contributed by atoms with E-state index < -0.39 is 17.5 Å². The summed E-state index contributed by atoms with van der Waals surface area (Å²) in [6, 6.07) is 4.89. The molecule has 2 nitrogen and oxygen atoms in total. The lowest BCUT2D eigenvalue weighted by Gasteiger charge is -2.07. The van der Waals surface area contributed by atoms with Gasteiger partial charge in [-0.2, -0.15) is 0 Å². The van der Waals surface area contributed by atoms with Crippen molar-refractivity contribution in [2.45, 2.75) is 0 Å². The van der Waals surface area contributed by atoms with Crippen molar-refractivity contribution in [3.63, 3.8) is 0 Å².